The van der Waals surface area contributed by atoms with Crippen molar-refractivity contribution >= 4 is 45.7 Å². The van der Waals surface area contributed by atoms with Crippen molar-refractivity contribution in [1.82, 2.24) is 9.97 Å². The minimum absolute atomic E-state index is 0.161. The molecule has 7 nitrogen and oxygen atoms in total. The Labute approximate surface area is 121 Å². The molecule has 1 fully saturated rings. The predicted molar refractivity (Wildman–Crippen MR) is 75.6 cm³/mol. The molecule has 1 aliphatic rings. The van der Waals surface area contributed by atoms with Crippen molar-refractivity contribution in [2.75, 3.05) is 35.8 Å². The number of aromatic nitrogens is 2. The summed E-state index contributed by atoms with van der Waals surface area (Å²) in [5, 5.41) is 11.3. The van der Waals surface area contributed by atoms with Crippen molar-refractivity contribution in [3.8, 4) is 0 Å². The van der Waals surface area contributed by atoms with Crippen LogP contribution in [0.4, 0.5) is 11.5 Å². The lowest BCUT2D eigenvalue weighted by Crippen LogP contribution is -2.38. The van der Waals surface area contributed by atoms with E-state index < -0.39 is 15.7 Å². The van der Waals surface area contributed by atoms with Crippen molar-refractivity contribution in [1.29, 1.82) is 0 Å². The fourth-order valence-electron chi connectivity index (χ4n) is 1.72. The van der Waals surface area contributed by atoms with Crippen LogP contribution in [0.25, 0.3) is 0 Å². The van der Waals surface area contributed by atoms with Gasteiger partial charge in [0.05, 0.1) is 4.92 Å². The minimum atomic E-state index is -0.858. The fourth-order valence-corrected chi connectivity index (χ4v) is 3.41. The summed E-state index contributed by atoms with van der Waals surface area (Å²) in [4.78, 5) is 20.3. The maximum atomic E-state index is 11.3. The van der Waals surface area contributed by atoms with Crippen molar-refractivity contribution in [3.05, 3.63) is 15.3 Å². The van der Waals surface area contributed by atoms with E-state index in [0.29, 0.717) is 29.8 Å². The van der Waals surface area contributed by atoms with Crippen LogP contribution in [0.5, 0.6) is 0 Å². The van der Waals surface area contributed by atoms with Gasteiger partial charge in [-0.1, -0.05) is 23.4 Å². The lowest BCUT2D eigenvalue weighted by Gasteiger charge is -2.27. The van der Waals surface area contributed by atoms with Crippen LogP contribution in [0, 0.1) is 10.1 Å². The van der Waals surface area contributed by atoms with Gasteiger partial charge in [0.25, 0.3) is 0 Å². The monoisotopic (exact) mass is 322 g/mol. The Morgan fingerprint density at radius 3 is 2.58 bits per heavy atom. The van der Waals surface area contributed by atoms with E-state index in [-0.39, 0.29) is 16.7 Å². The Balaban J connectivity index is 2.44. The molecule has 1 aromatic rings. The van der Waals surface area contributed by atoms with E-state index in [0.717, 1.165) is 0 Å². The van der Waals surface area contributed by atoms with Crippen LogP contribution in [-0.2, 0) is 10.8 Å². The molecule has 0 radical (unpaired) electrons. The second-order valence-electron chi connectivity index (χ2n) is 3.77. The summed E-state index contributed by atoms with van der Waals surface area (Å²) < 4.78 is 11.3. The molecule has 0 saturated carbocycles. The number of rotatable bonds is 3. The first-order valence-corrected chi connectivity index (χ1v) is 8.48. The smallest absolute Gasteiger partial charge is 0.348 e. The Kier molecular flexibility index (Phi) is 4.58. The highest BCUT2D eigenvalue weighted by Crippen LogP contribution is 2.34. The zero-order valence-corrected chi connectivity index (χ0v) is 12.4. The first-order valence-electron chi connectivity index (χ1n) is 5.38. The molecule has 0 aliphatic carbocycles. The second-order valence-corrected chi connectivity index (χ2v) is 6.59. The number of anilines is 1. The van der Waals surface area contributed by atoms with Gasteiger partial charge in [0.15, 0.2) is 5.16 Å². The number of halogens is 1. The molecule has 2 heterocycles. The summed E-state index contributed by atoms with van der Waals surface area (Å²) in [5.74, 6) is 1.17. The predicted octanol–water partition coefficient (Wildman–Crippen LogP) is 1.33. The van der Waals surface area contributed by atoms with Gasteiger partial charge in [-0.3, -0.25) is 14.3 Å². The lowest BCUT2D eigenvalue weighted by atomic mass is 10.4. The van der Waals surface area contributed by atoms with Crippen molar-refractivity contribution in [3.63, 3.8) is 0 Å². The van der Waals surface area contributed by atoms with E-state index in [9.17, 15) is 14.3 Å². The normalized spacial score (nSPS) is 16.6. The number of nitrogens with zero attached hydrogens (tertiary/aromatic N) is 4. The highest BCUT2D eigenvalue weighted by atomic mass is 35.5. The highest BCUT2D eigenvalue weighted by Gasteiger charge is 2.29. The third kappa shape index (κ3) is 3.15. The molecule has 0 aromatic carbocycles. The molecule has 1 aromatic heterocycles. The van der Waals surface area contributed by atoms with Gasteiger partial charge in [0.2, 0.25) is 11.0 Å². The molecule has 2 rings (SSSR count). The molecule has 1 aliphatic heterocycles. The molecule has 0 unspecified atom stereocenters. The van der Waals surface area contributed by atoms with Gasteiger partial charge in [0, 0.05) is 35.4 Å². The summed E-state index contributed by atoms with van der Waals surface area (Å²) in [6, 6.07) is 0. The molecule has 0 bridgehead atoms. The van der Waals surface area contributed by atoms with Gasteiger partial charge in [0.1, 0.15) is 0 Å². The standard InChI is InChI=1S/C9H11ClN4O3S2/c1-18-9-11-7(10)6(14(15)16)8(12-9)13-2-4-19(17)5-3-13/h2-5H2,1H3. The quantitative estimate of drug-likeness (QED) is 0.272. The maximum Gasteiger partial charge on any atom is 0.348 e. The van der Waals surface area contributed by atoms with Crippen molar-refractivity contribution in [2.45, 2.75) is 5.16 Å². The summed E-state index contributed by atoms with van der Waals surface area (Å²) in [7, 11) is -0.858. The van der Waals surface area contributed by atoms with E-state index in [1.165, 1.54) is 11.8 Å². The van der Waals surface area contributed by atoms with E-state index >= 15 is 0 Å². The molecule has 0 amide bonds. The number of hydrogen-bond donors (Lipinski definition) is 0. The van der Waals surface area contributed by atoms with Crippen molar-refractivity contribution < 1.29 is 9.13 Å². The largest absolute Gasteiger partial charge is 0.349 e. The zero-order valence-electron chi connectivity index (χ0n) is 10.0. The van der Waals surface area contributed by atoms with E-state index in [2.05, 4.69) is 9.97 Å². The molecular weight excluding hydrogens is 312 g/mol. The molecule has 0 atom stereocenters. The molecule has 0 N–H and O–H groups in total. The SMILES string of the molecule is CSc1nc(Cl)c([N+](=O)[O-])c(N2CCS(=O)CC2)n1. The number of thioether (sulfide) groups is 1. The van der Waals surface area contributed by atoms with E-state index in [4.69, 9.17) is 11.6 Å². The van der Waals surface area contributed by atoms with E-state index in [1.54, 1.807) is 11.2 Å². The minimum Gasteiger partial charge on any atom is -0.349 e. The van der Waals surface area contributed by atoms with Crippen LogP contribution in [0.1, 0.15) is 0 Å². The van der Waals surface area contributed by atoms with Crippen LogP contribution < -0.4 is 4.90 Å². The molecular formula is C9H11ClN4O3S2. The highest BCUT2D eigenvalue weighted by molar-refractivity contribution is 7.98. The number of hydrogen-bond acceptors (Lipinski definition) is 7. The second kappa shape index (κ2) is 6.02. The third-order valence-electron chi connectivity index (χ3n) is 2.64. The Morgan fingerprint density at radius 1 is 1.42 bits per heavy atom. The summed E-state index contributed by atoms with van der Waals surface area (Å²) >= 11 is 7.13. The molecule has 19 heavy (non-hydrogen) atoms. The summed E-state index contributed by atoms with van der Waals surface area (Å²) in [6.45, 7) is 0.934. The van der Waals surface area contributed by atoms with Crippen LogP contribution in [0.3, 0.4) is 0 Å². The van der Waals surface area contributed by atoms with Gasteiger partial charge < -0.3 is 4.90 Å². The van der Waals surface area contributed by atoms with E-state index in [1.807, 2.05) is 0 Å². The Hall–Kier alpha value is -0.930. The summed E-state index contributed by atoms with van der Waals surface area (Å²) in [5.41, 5.74) is -0.285. The van der Waals surface area contributed by atoms with Crippen LogP contribution in [-0.4, -0.2) is 50.0 Å². The first kappa shape index (κ1) is 14.5. The van der Waals surface area contributed by atoms with Crippen molar-refractivity contribution in [2.24, 2.45) is 0 Å². The molecule has 10 heteroatoms. The Morgan fingerprint density at radius 2 is 2.05 bits per heavy atom. The maximum absolute atomic E-state index is 11.3. The Bertz CT molecular complexity index is 532. The van der Waals surface area contributed by atoms with Gasteiger partial charge in [-0.2, -0.15) is 4.98 Å². The number of nitro groups is 1. The molecule has 1 saturated heterocycles. The van der Waals surface area contributed by atoms with Gasteiger partial charge in [-0.25, -0.2) is 4.98 Å². The molecule has 104 valence electrons. The third-order valence-corrected chi connectivity index (χ3v) is 4.73. The first-order chi connectivity index (χ1) is 9.02. The van der Waals surface area contributed by atoms with Crippen LogP contribution in [0.15, 0.2) is 5.16 Å². The lowest BCUT2D eigenvalue weighted by molar-refractivity contribution is -0.384. The molecule has 0 spiro atoms. The fraction of sp³-hybridized carbons (Fsp3) is 0.556. The average molecular weight is 323 g/mol. The summed E-state index contributed by atoms with van der Waals surface area (Å²) in [6.07, 6.45) is 1.77. The van der Waals surface area contributed by atoms with Gasteiger partial charge in [-0.15, -0.1) is 0 Å². The zero-order chi connectivity index (χ0) is 14.0. The van der Waals surface area contributed by atoms with Crippen LogP contribution in [0.2, 0.25) is 5.15 Å². The van der Waals surface area contributed by atoms with Gasteiger partial charge in [-0.05, 0) is 6.26 Å². The van der Waals surface area contributed by atoms with Gasteiger partial charge >= 0.3 is 5.69 Å². The van der Waals surface area contributed by atoms with Crippen LogP contribution >= 0.6 is 23.4 Å². The average Bonchev–Trinajstić information content (AvgIpc) is 2.38. The topological polar surface area (TPSA) is 89.2 Å².